The zero-order valence-electron chi connectivity index (χ0n) is 7.27. The first-order chi connectivity index (χ1) is 5.70. The summed E-state index contributed by atoms with van der Waals surface area (Å²) in [6.45, 7) is 0.342. The lowest BCUT2D eigenvalue weighted by Gasteiger charge is -2.11. The molecule has 0 aliphatic heterocycles. The lowest BCUT2D eigenvalue weighted by molar-refractivity contribution is 0.113. The van der Waals surface area contributed by atoms with Gasteiger partial charge in [0.25, 0.3) is 0 Å². The summed E-state index contributed by atoms with van der Waals surface area (Å²) in [5, 5.41) is 17.4. The normalized spacial score (nSPS) is 16.0. The van der Waals surface area contributed by atoms with Crippen LogP contribution >= 0.6 is 11.8 Å². The zero-order chi connectivity index (χ0) is 9.40. The summed E-state index contributed by atoms with van der Waals surface area (Å²) < 4.78 is 4.84. The third-order valence-corrected chi connectivity index (χ3v) is 2.52. The van der Waals surface area contributed by atoms with E-state index in [1.165, 1.54) is 11.8 Å². The SMILES string of the molecule is COCC(N)CSCC(O)CO. The molecule has 0 fully saturated rings. The van der Waals surface area contributed by atoms with E-state index in [0.717, 1.165) is 5.75 Å². The summed E-state index contributed by atoms with van der Waals surface area (Å²) in [6.07, 6.45) is -0.634. The number of hydrogen-bond donors (Lipinski definition) is 3. The lowest BCUT2D eigenvalue weighted by Crippen LogP contribution is -2.29. The van der Waals surface area contributed by atoms with Crippen molar-refractivity contribution in [1.82, 2.24) is 0 Å². The van der Waals surface area contributed by atoms with Gasteiger partial charge in [-0.3, -0.25) is 0 Å². The van der Waals surface area contributed by atoms with Crippen LogP contribution in [0.2, 0.25) is 0 Å². The molecule has 2 atom stereocenters. The van der Waals surface area contributed by atoms with E-state index in [9.17, 15) is 0 Å². The molecule has 4 nitrogen and oxygen atoms in total. The fraction of sp³-hybridized carbons (Fsp3) is 1.00. The maximum Gasteiger partial charge on any atom is 0.0861 e. The molecule has 0 saturated carbocycles. The van der Waals surface area contributed by atoms with Crippen LogP contribution in [0, 0.1) is 0 Å². The molecular weight excluding hydrogens is 178 g/mol. The summed E-state index contributed by atoms with van der Waals surface area (Å²) in [5.74, 6) is 1.26. The molecule has 0 aromatic carbocycles. The number of aliphatic hydroxyl groups is 2. The second kappa shape index (κ2) is 7.82. The number of ether oxygens (including phenoxy) is 1. The van der Waals surface area contributed by atoms with Gasteiger partial charge in [0.2, 0.25) is 0 Å². The predicted octanol–water partition coefficient (Wildman–Crippen LogP) is -0.953. The van der Waals surface area contributed by atoms with Gasteiger partial charge in [0, 0.05) is 24.7 Å². The predicted molar refractivity (Wildman–Crippen MR) is 50.3 cm³/mol. The third kappa shape index (κ3) is 6.87. The molecule has 0 aromatic rings. The van der Waals surface area contributed by atoms with Gasteiger partial charge >= 0.3 is 0 Å². The Bertz CT molecular complexity index is 105. The monoisotopic (exact) mass is 195 g/mol. The van der Waals surface area contributed by atoms with Crippen molar-refractivity contribution in [2.45, 2.75) is 12.1 Å². The number of thioether (sulfide) groups is 1. The minimum atomic E-state index is -0.634. The molecule has 12 heavy (non-hydrogen) atoms. The molecule has 0 amide bonds. The van der Waals surface area contributed by atoms with Gasteiger partial charge in [0.05, 0.1) is 19.3 Å². The van der Waals surface area contributed by atoms with Crippen LogP contribution in [0.3, 0.4) is 0 Å². The molecule has 0 heterocycles. The molecule has 0 spiro atoms. The number of methoxy groups -OCH3 is 1. The second-order valence-electron chi connectivity index (χ2n) is 2.59. The highest BCUT2D eigenvalue weighted by Crippen LogP contribution is 2.04. The van der Waals surface area contributed by atoms with Gasteiger partial charge in [-0.1, -0.05) is 0 Å². The van der Waals surface area contributed by atoms with Crippen LogP contribution in [-0.4, -0.2) is 54.2 Å². The van der Waals surface area contributed by atoms with Crippen molar-refractivity contribution >= 4 is 11.8 Å². The zero-order valence-corrected chi connectivity index (χ0v) is 8.09. The molecule has 5 heteroatoms. The first-order valence-electron chi connectivity index (χ1n) is 3.82. The van der Waals surface area contributed by atoms with Crippen LogP contribution in [0.5, 0.6) is 0 Å². The maximum atomic E-state index is 8.96. The molecule has 0 saturated heterocycles. The van der Waals surface area contributed by atoms with E-state index < -0.39 is 6.10 Å². The highest BCUT2D eigenvalue weighted by molar-refractivity contribution is 7.99. The largest absolute Gasteiger partial charge is 0.394 e. The number of rotatable bonds is 7. The molecule has 0 bridgehead atoms. The van der Waals surface area contributed by atoms with Crippen molar-refractivity contribution < 1.29 is 14.9 Å². The average Bonchev–Trinajstić information content (AvgIpc) is 2.04. The van der Waals surface area contributed by atoms with E-state index in [1.54, 1.807) is 7.11 Å². The Morgan fingerprint density at radius 3 is 2.67 bits per heavy atom. The summed E-state index contributed by atoms with van der Waals surface area (Å²) >= 11 is 1.52. The Morgan fingerprint density at radius 1 is 1.50 bits per heavy atom. The molecular formula is C7H17NO3S. The standard InChI is InChI=1S/C7H17NO3S/c1-11-3-6(8)4-12-5-7(10)2-9/h6-7,9-10H,2-5,8H2,1H3. The minimum absolute atomic E-state index is 0.00546. The molecule has 0 aliphatic carbocycles. The van der Waals surface area contributed by atoms with Crippen molar-refractivity contribution in [1.29, 1.82) is 0 Å². The third-order valence-electron chi connectivity index (χ3n) is 1.23. The second-order valence-corrected chi connectivity index (χ2v) is 3.66. The lowest BCUT2D eigenvalue weighted by atomic mass is 10.4. The smallest absolute Gasteiger partial charge is 0.0861 e. The fourth-order valence-corrected chi connectivity index (χ4v) is 1.58. The van der Waals surface area contributed by atoms with Crippen LogP contribution in [0.4, 0.5) is 0 Å². The van der Waals surface area contributed by atoms with Gasteiger partial charge in [-0.15, -0.1) is 0 Å². The molecule has 0 aromatic heterocycles. The summed E-state index contributed by atoms with van der Waals surface area (Å²) in [7, 11) is 1.60. The number of nitrogens with two attached hydrogens (primary N) is 1. The van der Waals surface area contributed by atoms with Crippen LogP contribution in [-0.2, 0) is 4.74 Å². The van der Waals surface area contributed by atoms with Gasteiger partial charge in [0.15, 0.2) is 0 Å². The maximum absolute atomic E-state index is 8.96. The number of aliphatic hydroxyl groups excluding tert-OH is 2. The van der Waals surface area contributed by atoms with E-state index >= 15 is 0 Å². The average molecular weight is 195 g/mol. The molecule has 0 aliphatic rings. The molecule has 2 unspecified atom stereocenters. The Kier molecular flexibility index (Phi) is 7.94. The molecule has 4 N–H and O–H groups in total. The van der Waals surface area contributed by atoms with E-state index in [-0.39, 0.29) is 12.6 Å². The van der Waals surface area contributed by atoms with Crippen molar-refractivity contribution in [3.05, 3.63) is 0 Å². The van der Waals surface area contributed by atoms with Crippen molar-refractivity contribution in [2.75, 3.05) is 31.8 Å². The van der Waals surface area contributed by atoms with Gasteiger partial charge in [-0.2, -0.15) is 11.8 Å². The van der Waals surface area contributed by atoms with Crippen molar-refractivity contribution in [3.63, 3.8) is 0 Å². The van der Waals surface area contributed by atoms with Crippen LogP contribution in [0.1, 0.15) is 0 Å². The summed E-state index contributed by atoms with van der Waals surface area (Å²) in [4.78, 5) is 0. The summed E-state index contributed by atoms with van der Waals surface area (Å²) in [6, 6.07) is 0.00546. The minimum Gasteiger partial charge on any atom is -0.394 e. The quantitative estimate of drug-likeness (QED) is 0.488. The van der Waals surface area contributed by atoms with Gasteiger partial charge in [0.1, 0.15) is 0 Å². The summed E-state index contributed by atoms with van der Waals surface area (Å²) in [5.41, 5.74) is 5.62. The highest BCUT2D eigenvalue weighted by atomic mass is 32.2. The van der Waals surface area contributed by atoms with E-state index in [1.807, 2.05) is 0 Å². The Balaban J connectivity index is 3.18. The first kappa shape index (κ1) is 12.2. The van der Waals surface area contributed by atoms with Crippen LogP contribution < -0.4 is 5.73 Å². The Labute approximate surface area is 77.1 Å². The topological polar surface area (TPSA) is 75.7 Å². The van der Waals surface area contributed by atoms with Gasteiger partial charge in [-0.25, -0.2) is 0 Å². The molecule has 74 valence electrons. The van der Waals surface area contributed by atoms with Crippen LogP contribution in [0.25, 0.3) is 0 Å². The van der Waals surface area contributed by atoms with Gasteiger partial charge in [-0.05, 0) is 0 Å². The van der Waals surface area contributed by atoms with Crippen molar-refractivity contribution in [2.24, 2.45) is 5.73 Å². The molecule has 0 rings (SSSR count). The van der Waals surface area contributed by atoms with Crippen LogP contribution in [0.15, 0.2) is 0 Å². The Hall–Kier alpha value is 0.190. The Morgan fingerprint density at radius 2 is 2.17 bits per heavy atom. The first-order valence-corrected chi connectivity index (χ1v) is 4.97. The van der Waals surface area contributed by atoms with E-state index in [4.69, 9.17) is 20.7 Å². The van der Waals surface area contributed by atoms with E-state index in [2.05, 4.69) is 0 Å². The fourth-order valence-electron chi connectivity index (χ4n) is 0.670. The molecule has 0 radical (unpaired) electrons. The van der Waals surface area contributed by atoms with E-state index in [0.29, 0.717) is 12.4 Å². The number of hydrogen-bond acceptors (Lipinski definition) is 5. The van der Waals surface area contributed by atoms with Crippen molar-refractivity contribution in [3.8, 4) is 0 Å². The van der Waals surface area contributed by atoms with Gasteiger partial charge < -0.3 is 20.7 Å². The highest BCUT2D eigenvalue weighted by Gasteiger charge is 2.05.